The number of aromatic hydroxyl groups is 1. The van der Waals surface area contributed by atoms with E-state index < -0.39 is 29.8 Å². The van der Waals surface area contributed by atoms with Crippen LogP contribution in [0.4, 0.5) is 45.5 Å². The van der Waals surface area contributed by atoms with Gasteiger partial charge in [-0.3, -0.25) is 87.2 Å². The maximum Gasteiger partial charge on any atom is 1.00 e. The van der Waals surface area contributed by atoms with Crippen molar-refractivity contribution in [1.29, 1.82) is 0 Å². The summed E-state index contributed by atoms with van der Waals surface area (Å²) in [5, 5.41) is 30.8. The van der Waals surface area contributed by atoms with Gasteiger partial charge >= 0.3 is 115 Å². The number of alkyl halides is 2. The quantitative estimate of drug-likeness (QED) is 0.00503. The number of hydrogen-bond donors (Lipinski definition) is 5. The number of methoxy groups -OCH3 is 3. The second-order valence-electron chi connectivity index (χ2n) is 31.8. The zero-order valence-corrected chi connectivity index (χ0v) is 83.8. The number of halogens is 2. The minimum Gasteiger partial charge on any atom is -1.00 e. The minimum absolute atomic E-state index is 0. The van der Waals surface area contributed by atoms with Crippen molar-refractivity contribution in [3.63, 3.8) is 0 Å². The molecule has 34 heteroatoms. The van der Waals surface area contributed by atoms with E-state index in [0.29, 0.717) is 128 Å². The molecule has 0 saturated heterocycles. The molecule has 0 radical (unpaired) electrons. The first-order valence-electron chi connectivity index (χ1n) is 41.9. The maximum absolute atomic E-state index is 14.1. The Hall–Kier alpha value is -9.80. The van der Waals surface area contributed by atoms with E-state index in [4.69, 9.17) is 34.2 Å². The van der Waals surface area contributed by atoms with Crippen molar-refractivity contribution in [3.8, 4) is 23.0 Å². The van der Waals surface area contributed by atoms with E-state index in [0.717, 1.165) is 51.3 Å². The standard InChI is InChI=1S/C56H56N6O10.C22H30Br2N2O5.C17H14N2O2.CH2O3.2K.H/c1-32-18-42-44(57-28-40-23-37-12-6-8-14-46(37)61(40)55(42)67)26-49(32)71-30-35-20-36(22-39(21-35)60-54(66)33(2)19-48(63)34(3)59-52(64)16-10-11-17-53(65)70-5)31-72-51-27-45-43(25-50(51)69-4)56(68)62-41(29-58-45)24-38-13-7-9-15-47(38)62;1-14(22(30)26-18-10-16(12-23)9-17(11-18)13-24)8-19(27)15(2)25-20(28)6-4-5-7-21(29)31-3;1-10-6-13-14(8-16(10)20)18-9-12-7-11-4-2-3-5-15(11)19(12)17(13)21;2-1-4-3;;;/h6-9,12-15,18,20-22,25-29,33-34,40-41H,10-11,16-17,19,23-24,30-31H2,1-5H3,(H,59,64)(H,60,66);9-11,14-15H,4-8,12-13H2,1-3H3,(H,25,28)(H,26,30);2-6,8-9,12,20H,7H2,1H3;1,3H;;;/q;;;;2*+1;-1/p-1/t33-,34-,40-,41-;14-,15-;12-;;;;/m000..../s1. The molecule has 14 rings (SSSR count). The van der Waals surface area contributed by atoms with Crippen molar-refractivity contribution in [1.82, 2.24) is 10.6 Å². The molecule has 0 bridgehead atoms. The number of nitrogens with one attached hydrogen (secondary N) is 4. The number of phenolic OH excluding ortho intramolecular Hbond substituents is 1. The molecule has 0 spiro atoms. The molecule has 6 heterocycles. The number of benzene rings is 8. The zero-order valence-electron chi connectivity index (χ0n) is 75.4. The second kappa shape index (κ2) is 49.6. The van der Waals surface area contributed by atoms with Crippen molar-refractivity contribution in [3.05, 3.63) is 212 Å². The van der Waals surface area contributed by atoms with Gasteiger partial charge in [0, 0.05) is 146 Å². The van der Waals surface area contributed by atoms with Gasteiger partial charge in [-0.2, -0.15) is 0 Å². The van der Waals surface area contributed by atoms with Crippen LogP contribution in [0.25, 0.3) is 0 Å². The number of esters is 2. The summed E-state index contributed by atoms with van der Waals surface area (Å²) in [5.74, 6) is -2.71. The number of ketones is 2. The van der Waals surface area contributed by atoms with Gasteiger partial charge in [0.1, 0.15) is 24.7 Å². The van der Waals surface area contributed by atoms with Gasteiger partial charge in [0.25, 0.3) is 24.2 Å². The van der Waals surface area contributed by atoms with Crippen LogP contribution in [0, 0.1) is 25.7 Å². The molecule has 8 aromatic carbocycles. The van der Waals surface area contributed by atoms with Gasteiger partial charge in [-0.05, 0) is 170 Å². The molecule has 8 aromatic rings. The van der Waals surface area contributed by atoms with Crippen LogP contribution < -0.4 is 158 Å². The monoisotopic (exact) mass is 1950 g/mol. The number of unbranched alkanes of at least 4 members (excludes halogenated alkanes) is 2. The Morgan fingerprint density at radius 2 is 0.846 bits per heavy atom. The average molecular weight is 1950 g/mol. The molecule has 0 unspecified atom stereocenters. The first kappa shape index (κ1) is 104. The Morgan fingerprint density at radius 3 is 1.24 bits per heavy atom. The topological polar surface area (TPSA) is 398 Å². The van der Waals surface area contributed by atoms with Crippen LogP contribution in [0.3, 0.4) is 0 Å². The maximum atomic E-state index is 14.1. The second-order valence-corrected chi connectivity index (χ2v) is 32.9. The van der Waals surface area contributed by atoms with Crippen LogP contribution in [0.2, 0.25) is 0 Å². The summed E-state index contributed by atoms with van der Waals surface area (Å²) < 4.78 is 27.8. The van der Waals surface area contributed by atoms with Gasteiger partial charge in [-0.15, -0.1) is 0 Å². The van der Waals surface area contributed by atoms with Crippen LogP contribution in [-0.4, -0.2) is 147 Å². The number of Topliss-reactive ketones (excluding diaryl/α,β-unsaturated/α-hetero) is 2. The SMILES string of the molecule is COC(=O)CCCCC(=O)N[C@@H](C)C(=O)C[C@H](C)C(=O)Nc1cc(CBr)cc(CBr)c1.COC(=O)CCCCC(=O)N[C@@H](C)C(=O)C[C@H](C)C(=O)Nc1cc(COc2cc3c(cc2C)C(=O)N2c4ccccc4C[C@H]2C=N3)cc(COc2cc3c(cc2OC)C(=O)N2c4ccccc4C[C@H]2C=N3)c1.Cc1cc2c(cc1O)N=C[C@@H]1Cc3ccccc3N1C2=O.O=CO[O-].[H-].[K+].[K+]. The molecule has 5 N–H and O–H groups in total. The first-order chi connectivity index (χ1) is 61.5. The predicted octanol–water partition coefficient (Wildman–Crippen LogP) is 8.30. The summed E-state index contributed by atoms with van der Waals surface area (Å²) in [6.45, 7) is 10.1. The van der Waals surface area contributed by atoms with Gasteiger partial charge < -0.3 is 61.6 Å². The fourth-order valence-corrected chi connectivity index (χ4v) is 16.2. The number of carbonyl (C=O) groups excluding carboxylic acids is 12. The van der Waals surface area contributed by atoms with Crippen molar-refractivity contribution < 1.29 is 201 Å². The number of aryl methyl sites for hydroxylation is 2. The molecule has 0 saturated carbocycles. The molecule has 6 aliphatic rings. The average Bonchev–Trinajstić information content (AvgIpc) is 1.63. The number of anilines is 5. The Kier molecular flexibility index (Phi) is 39.7. The Labute approximate surface area is 857 Å². The Balaban J connectivity index is 0.000000293. The van der Waals surface area contributed by atoms with E-state index in [9.17, 15) is 57.8 Å². The van der Waals surface area contributed by atoms with Crippen LogP contribution in [0.15, 0.2) is 161 Å². The normalized spacial score (nSPS) is 15.5. The Bertz CT molecular complexity index is 5640. The van der Waals surface area contributed by atoms with Crippen molar-refractivity contribution in [2.75, 3.05) is 46.7 Å². The molecule has 0 aliphatic carbocycles. The smallest absolute Gasteiger partial charge is 1.00 e. The van der Waals surface area contributed by atoms with Gasteiger partial charge in [-0.25, -0.2) is 0 Å². The van der Waals surface area contributed by atoms with E-state index in [1.165, 1.54) is 26.9 Å². The zero-order chi connectivity index (χ0) is 92.0. The molecular formula is C96H102Br2K2N10O20. The van der Waals surface area contributed by atoms with Crippen molar-refractivity contribution >= 4 is 167 Å². The van der Waals surface area contributed by atoms with E-state index in [-0.39, 0.29) is 245 Å². The molecule has 7 atom stereocenters. The molecule has 0 aromatic heterocycles. The van der Waals surface area contributed by atoms with Crippen molar-refractivity contribution in [2.24, 2.45) is 26.8 Å². The van der Waals surface area contributed by atoms with E-state index in [2.05, 4.69) is 72.5 Å². The number of fused-ring (bicyclic) bond motifs is 12. The first-order valence-corrected chi connectivity index (χ1v) is 44.1. The molecule has 130 heavy (non-hydrogen) atoms. The summed E-state index contributed by atoms with van der Waals surface area (Å²) in [7, 11) is 4.14. The van der Waals surface area contributed by atoms with Gasteiger partial charge in [0.05, 0.1) is 85.3 Å². The third-order valence-corrected chi connectivity index (χ3v) is 23.7. The molecule has 672 valence electrons. The van der Waals surface area contributed by atoms with Crippen LogP contribution in [0.5, 0.6) is 23.0 Å². The minimum atomic E-state index is -0.825. The third-order valence-electron chi connectivity index (χ3n) is 22.4. The molecular weight excluding hydrogens is 1850 g/mol. The molecule has 0 fully saturated rings. The fourth-order valence-electron chi connectivity index (χ4n) is 15.5. The number of ether oxygens (including phenoxy) is 5. The van der Waals surface area contributed by atoms with Crippen molar-refractivity contribution in [2.45, 2.75) is 179 Å². The number of amides is 7. The van der Waals surface area contributed by atoms with E-state index in [1.807, 2.05) is 110 Å². The van der Waals surface area contributed by atoms with Gasteiger partial charge in [-0.1, -0.05) is 106 Å². The number of para-hydroxylation sites is 3. The summed E-state index contributed by atoms with van der Waals surface area (Å²) in [6.07, 6.45) is 10.3. The van der Waals surface area contributed by atoms with Crippen LogP contribution >= 0.6 is 31.9 Å². The summed E-state index contributed by atoms with van der Waals surface area (Å²) in [6, 6.07) is 43.1. The molecule has 30 nitrogen and oxygen atoms in total. The Morgan fingerprint density at radius 1 is 0.492 bits per heavy atom. The number of aliphatic imine (C=N–C) groups is 3. The van der Waals surface area contributed by atoms with Gasteiger partial charge in [0.15, 0.2) is 23.1 Å². The molecule has 7 amide bonds. The van der Waals surface area contributed by atoms with Gasteiger partial charge in [0.2, 0.25) is 23.6 Å². The summed E-state index contributed by atoms with van der Waals surface area (Å²) >= 11 is 6.84. The largest absolute Gasteiger partial charge is 1.00 e. The van der Waals surface area contributed by atoms with E-state index in [1.54, 1.807) is 110 Å². The third kappa shape index (κ3) is 27.0. The number of phenols is 1. The van der Waals surface area contributed by atoms with Crippen LogP contribution in [-0.2, 0) is 101 Å². The summed E-state index contributed by atoms with van der Waals surface area (Å²) in [4.78, 5) is 170. The fraction of sp³-hybridized carbons (Fsp3) is 0.344. The predicted molar refractivity (Wildman–Crippen MR) is 490 cm³/mol. The van der Waals surface area contributed by atoms with E-state index >= 15 is 0 Å². The number of hydrogen-bond acceptors (Lipinski definition) is 23. The van der Waals surface area contributed by atoms with Crippen LogP contribution in [0.1, 0.15) is 174 Å². The number of nitrogens with zero attached hydrogens (tertiary/aromatic N) is 6. The summed E-state index contributed by atoms with van der Waals surface area (Å²) in [5.41, 5.74) is 14.9. The number of rotatable bonds is 32. The number of carbonyl (C=O) groups is 12. The molecule has 6 aliphatic heterocycles.